The van der Waals surface area contributed by atoms with Gasteiger partial charge in [0.15, 0.2) is 0 Å². The van der Waals surface area contributed by atoms with Crippen molar-refractivity contribution in [3.05, 3.63) is 30.3 Å². The van der Waals surface area contributed by atoms with E-state index in [1.54, 1.807) is 0 Å². The molecular formula is C18H25N3O2. The van der Waals surface area contributed by atoms with E-state index in [-0.39, 0.29) is 5.91 Å². The fraction of sp³-hybridized carbons (Fsp3) is 0.556. The summed E-state index contributed by atoms with van der Waals surface area (Å²) in [7, 11) is 1.91. The number of nitrogens with one attached hydrogen (secondary N) is 1. The van der Waals surface area contributed by atoms with Gasteiger partial charge in [0.2, 0.25) is 5.91 Å². The molecule has 124 valence electrons. The first-order chi connectivity index (χ1) is 11.1. The number of benzene rings is 1. The van der Waals surface area contributed by atoms with Gasteiger partial charge in [-0.2, -0.15) is 5.26 Å². The Hall–Kier alpha value is -2.06. The lowest BCUT2D eigenvalue weighted by Gasteiger charge is -2.24. The van der Waals surface area contributed by atoms with Gasteiger partial charge < -0.3 is 10.1 Å². The van der Waals surface area contributed by atoms with Crippen LogP contribution in [0.25, 0.3) is 0 Å². The van der Waals surface area contributed by atoms with Crippen LogP contribution in [0.4, 0.5) is 0 Å². The lowest BCUT2D eigenvalue weighted by atomic mass is 10.00. The first-order valence-electron chi connectivity index (χ1n) is 8.22. The number of amides is 1. The number of para-hydroxylation sites is 1. The number of hydrogen-bond acceptors (Lipinski definition) is 4. The van der Waals surface area contributed by atoms with Crippen molar-refractivity contribution in [3.63, 3.8) is 0 Å². The predicted molar refractivity (Wildman–Crippen MR) is 89.0 cm³/mol. The summed E-state index contributed by atoms with van der Waals surface area (Å²) in [6.45, 7) is 1.71. The highest BCUT2D eigenvalue weighted by Gasteiger charge is 2.35. The SMILES string of the molecule is CN(CCCOc1ccccc1)CC(=O)NC1(C#N)CCCC1. The maximum atomic E-state index is 12.1. The van der Waals surface area contributed by atoms with Crippen LogP contribution >= 0.6 is 0 Å². The number of likely N-dealkylation sites (N-methyl/N-ethyl adjacent to an activating group) is 1. The number of rotatable bonds is 8. The van der Waals surface area contributed by atoms with Crippen LogP contribution in [0.5, 0.6) is 5.75 Å². The largest absolute Gasteiger partial charge is 0.494 e. The van der Waals surface area contributed by atoms with Gasteiger partial charge in [0, 0.05) is 6.54 Å². The van der Waals surface area contributed by atoms with Crippen molar-refractivity contribution >= 4 is 5.91 Å². The second kappa shape index (κ2) is 8.54. The fourth-order valence-corrected chi connectivity index (χ4v) is 2.92. The van der Waals surface area contributed by atoms with Crippen LogP contribution in [0.3, 0.4) is 0 Å². The quantitative estimate of drug-likeness (QED) is 0.748. The van der Waals surface area contributed by atoms with Crippen molar-refractivity contribution in [3.8, 4) is 11.8 Å². The topological polar surface area (TPSA) is 65.4 Å². The van der Waals surface area contributed by atoms with Crippen molar-refractivity contribution in [2.45, 2.75) is 37.6 Å². The smallest absolute Gasteiger partial charge is 0.235 e. The lowest BCUT2D eigenvalue weighted by Crippen LogP contribution is -2.48. The number of ether oxygens (including phenoxy) is 1. The summed E-state index contributed by atoms with van der Waals surface area (Å²) in [5.74, 6) is 0.796. The molecular weight excluding hydrogens is 290 g/mol. The summed E-state index contributed by atoms with van der Waals surface area (Å²) in [4.78, 5) is 14.1. The average molecular weight is 315 g/mol. The van der Waals surface area contributed by atoms with Gasteiger partial charge in [-0.25, -0.2) is 0 Å². The van der Waals surface area contributed by atoms with Gasteiger partial charge in [0.1, 0.15) is 11.3 Å². The molecule has 0 aromatic heterocycles. The minimum atomic E-state index is -0.631. The Bertz CT molecular complexity index is 533. The highest BCUT2D eigenvalue weighted by Crippen LogP contribution is 2.28. The molecule has 1 aromatic carbocycles. The number of carbonyl (C=O) groups excluding carboxylic acids is 1. The summed E-state index contributed by atoms with van der Waals surface area (Å²) in [5, 5.41) is 12.2. The second-order valence-electron chi connectivity index (χ2n) is 6.20. The lowest BCUT2D eigenvalue weighted by molar-refractivity contribution is -0.123. The van der Waals surface area contributed by atoms with E-state index in [1.807, 2.05) is 42.3 Å². The second-order valence-corrected chi connectivity index (χ2v) is 6.20. The molecule has 0 radical (unpaired) electrons. The zero-order valence-electron chi connectivity index (χ0n) is 13.8. The van der Waals surface area contributed by atoms with Crippen molar-refractivity contribution in [1.29, 1.82) is 5.26 Å². The van der Waals surface area contributed by atoms with E-state index in [9.17, 15) is 10.1 Å². The summed E-state index contributed by atoms with van der Waals surface area (Å²) < 4.78 is 5.63. The molecule has 1 saturated carbocycles. The van der Waals surface area contributed by atoms with Gasteiger partial charge in [-0.3, -0.25) is 9.69 Å². The Kier molecular flexibility index (Phi) is 6.42. The average Bonchev–Trinajstić information content (AvgIpc) is 3.01. The van der Waals surface area contributed by atoms with E-state index in [1.165, 1.54) is 0 Å². The Morgan fingerprint density at radius 1 is 1.35 bits per heavy atom. The molecule has 1 N–H and O–H groups in total. The van der Waals surface area contributed by atoms with Crippen LogP contribution in [-0.2, 0) is 4.79 Å². The Labute approximate surface area is 138 Å². The van der Waals surface area contributed by atoms with Crippen LogP contribution in [0.15, 0.2) is 30.3 Å². The Balaban J connectivity index is 1.63. The molecule has 23 heavy (non-hydrogen) atoms. The number of nitriles is 1. The van der Waals surface area contributed by atoms with Gasteiger partial charge in [0.25, 0.3) is 0 Å². The number of nitrogens with zero attached hydrogens (tertiary/aromatic N) is 2. The third-order valence-electron chi connectivity index (χ3n) is 4.16. The molecule has 1 aliphatic rings. The molecule has 0 heterocycles. The molecule has 0 spiro atoms. The molecule has 0 unspecified atom stereocenters. The molecule has 2 rings (SSSR count). The molecule has 0 atom stereocenters. The molecule has 0 bridgehead atoms. The maximum absolute atomic E-state index is 12.1. The van der Waals surface area contributed by atoms with Gasteiger partial charge in [-0.05, 0) is 51.3 Å². The molecule has 0 aliphatic heterocycles. The van der Waals surface area contributed by atoms with Crippen molar-refractivity contribution < 1.29 is 9.53 Å². The van der Waals surface area contributed by atoms with Crippen LogP contribution in [0, 0.1) is 11.3 Å². The molecule has 1 amide bonds. The molecule has 1 fully saturated rings. The van der Waals surface area contributed by atoms with E-state index < -0.39 is 5.54 Å². The monoisotopic (exact) mass is 315 g/mol. The van der Waals surface area contributed by atoms with Crippen LogP contribution in [0.2, 0.25) is 0 Å². The number of hydrogen-bond donors (Lipinski definition) is 1. The van der Waals surface area contributed by atoms with Crippen molar-refractivity contribution in [1.82, 2.24) is 10.2 Å². The van der Waals surface area contributed by atoms with E-state index in [0.29, 0.717) is 13.2 Å². The van der Waals surface area contributed by atoms with E-state index >= 15 is 0 Å². The highest BCUT2D eigenvalue weighted by atomic mass is 16.5. The first kappa shape index (κ1) is 17.3. The third-order valence-corrected chi connectivity index (χ3v) is 4.16. The van der Waals surface area contributed by atoms with Crippen LogP contribution < -0.4 is 10.1 Å². The molecule has 5 nitrogen and oxygen atoms in total. The zero-order chi connectivity index (χ0) is 16.5. The summed E-state index contributed by atoms with van der Waals surface area (Å²) in [5.41, 5.74) is -0.631. The van der Waals surface area contributed by atoms with E-state index in [0.717, 1.165) is 44.4 Å². The van der Waals surface area contributed by atoms with Gasteiger partial charge >= 0.3 is 0 Å². The van der Waals surface area contributed by atoms with Crippen molar-refractivity contribution in [2.75, 3.05) is 26.7 Å². The third kappa shape index (κ3) is 5.57. The summed E-state index contributed by atoms with van der Waals surface area (Å²) in [6, 6.07) is 12.0. The van der Waals surface area contributed by atoms with Crippen molar-refractivity contribution in [2.24, 2.45) is 0 Å². The summed E-state index contributed by atoms with van der Waals surface area (Å²) in [6.07, 6.45) is 4.41. The minimum Gasteiger partial charge on any atom is -0.494 e. The van der Waals surface area contributed by atoms with Gasteiger partial charge in [0.05, 0.1) is 19.2 Å². The minimum absolute atomic E-state index is 0.0695. The molecule has 1 aromatic rings. The fourth-order valence-electron chi connectivity index (χ4n) is 2.92. The predicted octanol–water partition coefficient (Wildman–Crippen LogP) is 2.34. The van der Waals surface area contributed by atoms with Crippen LogP contribution in [0.1, 0.15) is 32.1 Å². The molecule has 0 saturated heterocycles. The molecule has 5 heteroatoms. The van der Waals surface area contributed by atoms with Gasteiger partial charge in [-0.15, -0.1) is 0 Å². The van der Waals surface area contributed by atoms with E-state index in [2.05, 4.69) is 11.4 Å². The Morgan fingerprint density at radius 2 is 2.04 bits per heavy atom. The molecule has 1 aliphatic carbocycles. The Morgan fingerprint density at radius 3 is 2.70 bits per heavy atom. The zero-order valence-corrected chi connectivity index (χ0v) is 13.8. The summed E-state index contributed by atoms with van der Waals surface area (Å²) >= 11 is 0. The van der Waals surface area contributed by atoms with Gasteiger partial charge in [-0.1, -0.05) is 18.2 Å². The maximum Gasteiger partial charge on any atom is 0.235 e. The first-order valence-corrected chi connectivity index (χ1v) is 8.22. The normalized spacial score (nSPS) is 16.0. The van der Waals surface area contributed by atoms with E-state index in [4.69, 9.17) is 4.74 Å². The number of carbonyl (C=O) groups is 1. The highest BCUT2D eigenvalue weighted by molar-refractivity contribution is 5.79. The standard InChI is InChI=1S/C18H25N3O2/c1-21(12-7-13-23-16-8-3-2-4-9-16)14-17(22)20-18(15-19)10-5-6-11-18/h2-4,8-9H,5-7,10-14H2,1H3,(H,20,22). The van der Waals surface area contributed by atoms with Crippen LogP contribution in [-0.4, -0.2) is 43.1 Å².